The molecule has 5 heteroatoms. The largest absolute Gasteiger partial charge is 0.384 e. The molecule has 2 N–H and O–H groups in total. The molecule has 1 aromatic carbocycles. The minimum Gasteiger partial charge on any atom is -0.384 e. The lowest BCUT2D eigenvalue weighted by Gasteiger charge is -2.10. The van der Waals surface area contributed by atoms with E-state index in [9.17, 15) is 8.42 Å². The van der Waals surface area contributed by atoms with Gasteiger partial charge in [-0.1, -0.05) is 19.1 Å². The first-order valence-electron chi connectivity index (χ1n) is 4.94. The highest BCUT2D eigenvalue weighted by Gasteiger charge is 2.16. The molecule has 0 aromatic heterocycles. The number of hydrogen-bond acceptors (Lipinski definition) is 3. The van der Waals surface area contributed by atoms with Gasteiger partial charge in [-0.15, -0.1) is 0 Å². The van der Waals surface area contributed by atoms with Crippen LogP contribution in [0.15, 0.2) is 29.2 Å². The Bertz CT molecular complexity index is 415. The van der Waals surface area contributed by atoms with Crippen molar-refractivity contribution in [2.24, 2.45) is 0 Å². The van der Waals surface area contributed by atoms with E-state index in [-0.39, 0.29) is 0 Å². The maximum Gasteiger partial charge on any atom is 0.242 e. The molecule has 0 bridgehead atoms. The summed E-state index contributed by atoms with van der Waals surface area (Å²) in [4.78, 5) is 0.300. The van der Waals surface area contributed by atoms with Crippen molar-refractivity contribution < 1.29 is 8.42 Å². The average molecular weight is 228 g/mol. The van der Waals surface area contributed by atoms with Gasteiger partial charge in [0.25, 0.3) is 0 Å². The first-order valence-corrected chi connectivity index (χ1v) is 6.42. The van der Waals surface area contributed by atoms with Crippen LogP contribution in [-0.4, -0.2) is 21.5 Å². The molecule has 0 aliphatic heterocycles. The first kappa shape index (κ1) is 12.0. The average Bonchev–Trinajstić information content (AvgIpc) is 2.19. The van der Waals surface area contributed by atoms with Gasteiger partial charge in [-0.05, 0) is 19.1 Å². The highest BCUT2D eigenvalue weighted by molar-refractivity contribution is 7.89. The van der Waals surface area contributed by atoms with E-state index in [1.165, 1.54) is 0 Å². The van der Waals surface area contributed by atoms with Gasteiger partial charge < -0.3 is 5.32 Å². The molecule has 0 amide bonds. The Labute approximate surface area is 90.8 Å². The fourth-order valence-electron chi connectivity index (χ4n) is 1.31. The lowest BCUT2D eigenvalue weighted by molar-refractivity contribution is 0.584. The Hall–Kier alpha value is -1.07. The second-order valence-electron chi connectivity index (χ2n) is 3.03. The lowest BCUT2D eigenvalue weighted by atomic mass is 10.3. The van der Waals surface area contributed by atoms with Crippen molar-refractivity contribution in [1.82, 2.24) is 4.72 Å². The molecule has 0 atom stereocenters. The highest BCUT2D eigenvalue weighted by Crippen LogP contribution is 2.19. The molecule has 0 heterocycles. The van der Waals surface area contributed by atoms with E-state index in [1.807, 2.05) is 13.0 Å². The molecule has 0 aliphatic carbocycles. The van der Waals surface area contributed by atoms with E-state index in [0.717, 1.165) is 0 Å². The summed E-state index contributed by atoms with van der Waals surface area (Å²) in [5.41, 5.74) is 0.640. The van der Waals surface area contributed by atoms with Gasteiger partial charge >= 0.3 is 0 Å². The third-order valence-corrected chi connectivity index (χ3v) is 3.48. The van der Waals surface area contributed by atoms with Crippen LogP contribution in [0.1, 0.15) is 13.8 Å². The van der Waals surface area contributed by atoms with Crippen LogP contribution >= 0.6 is 0 Å². The lowest BCUT2D eigenvalue weighted by Crippen LogP contribution is -2.24. The summed E-state index contributed by atoms with van der Waals surface area (Å²) in [7, 11) is -3.38. The van der Waals surface area contributed by atoms with Gasteiger partial charge in [0.1, 0.15) is 4.90 Å². The van der Waals surface area contributed by atoms with Crippen LogP contribution in [0.25, 0.3) is 0 Å². The Morgan fingerprint density at radius 2 is 1.80 bits per heavy atom. The molecule has 0 saturated heterocycles. The fourth-order valence-corrected chi connectivity index (χ4v) is 2.53. The molecule has 0 fully saturated rings. The molecular formula is C10H16N2O2S. The quantitative estimate of drug-likeness (QED) is 0.801. The van der Waals surface area contributed by atoms with E-state index < -0.39 is 10.0 Å². The van der Waals surface area contributed by atoms with Gasteiger partial charge in [-0.25, -0.2) is 13.1 Å². The number of sulfonamides is 1. The molecule has 0 saturated carbocycles. The van der Waals surface area contributed by atoms with Crippen molar-refractivity contribution in [3.63, 3.8) is 0 Å². The molecule has 0 spiro atoms. The monoisotopic (exact) mass is 228 g/mol. The van der Waals surface area contributed by atoms with Gasteiger partial charge in [0.2, 0.25) is 10.0 Å². The van der Waals surface area contributed by atoms with Crippen LogP contribution < -0.4 is 10.0 Å². The smallest absolute Gasteiger partial charge is 0.242 e. The van der Waals surface area contributed by atoms with Crippen molar-refractivity contribution in [3.05, 3.63) is 24.3 Å². The maximum atomic E-state index is 11.8. The van der Waals surface area contributed by atoms with Gasteiger partial charge in [-0.3, -0.25) is 0 Å². The Morgan fingerprint density at radius 3 is 2.40 bits per heavy atom. The molecule has 84 valence electrons. The topological polar surface area (TPSA) is 58.2 Å². The normalized spacial score (nSPS) is 11.3. The Morgan fingerprint density at radius 1 is 1.13 bits per heavy atom. The number of rotatable bonds is 5. The van der Waals surface area contributed by atoms with Crippen LogP contribution in [0.2, 0.25) is 0 Å². The zero-order chi connectivity index (χ0) is 11.3. The molecule has 4 nitrogen and oxygen atoms in total. The van der Waals surface area contributed by atoms with Crippen molar-refractivity contribution in [2.45, 2.75) is 18.7 Å². The van der Waals surface area contributed by atoms with Crippen LogP contribution in [0.5, 0.6) is 0 Å². The minimum atomic E-state index is -3.38. The molecule has 0 unspecified atom stereocenters. The van der Waals surface area contributed by atoms with Crippen LogP contribution in [0, 0.1) is 0 Å². The van der Waals surface area contributed by atoms with Crippen LogP contribution in [0.3, 0.4) is 0 Å². The SMILES string of the molecule is CCNc1ccccc1S(=O)(=O)NCC. The van der Waals surface area contributed by atoms with Crippen LogP contribution in [-0.2, 0) is 10.0 Å². The van der Waals surface area contributed by atoms with Gasteiger partial charge in [0.05, 0.1) is 5.69 Å². The predicted octanol–water partition coefficient (Wildman–Crippen LogP) is 1.42. The Kier molecular flexibility index (Phi) is 4.11. The van der Waals surface area contributed by atoms with Crippen molar-refractivity contribution >= 4 is 15.7 Å². The summed E-state index contributed by atoms with van der Waals surface area (Å²) < 4.78 is 26.0. The van der Waals surface area contributed by atoms with Gasteiger partial charge in [0, 0.05) is 13.1 Å². The molecule has 0 aliphatic rings. The second-order valence-corrected chi connectivity index (χ2v) is 4.76. The molecule has 1 aromatic rings. The van der Waals surface area contributed by atoms with E-state index in [0.29, 0.717) is 23.7 Å². The third kappa shape index (κ3) is 2.94. The number of hydrogen-bond donors (Lipinski definition) is 2. The second kappa shape index (κ2) is 5.14. The van der Waals surface area contributed by atoms with E-state index in [1.54, 1.807) is 25.1 Å². The maximum absolute atomic E-state index is 11.8. The zero-order valence-electron chi connectivity index (χ0n) is 8.95. The Balaban J connectivity index is 3.12. The van der Waals surface area contributed by atoms with Crippen molar-refractivity contribution in [1.29, 1.82) is 0 Å². The fraction of sp³-hybridized carbons (Fsp3) is 0.400. The summed E-state index contributed by atoms with van der Waals surface area (Å²) in [6, 6.07) is 6.87. The first-order chi connectivity index (χ1) is 7.11. The van der Waals surface area contributed by atoms with Crippen molar-refractivity contribution in [2.75, 3.05) is 18.4 Å². The molecular weight excluding hydrogens is 212 g/mol. The summed E-state index contributed by atoms with van der Waals surface area (Å²) in [6.07, 6.45) is 0. The number of benzene rings is 1. The van der Waals surface area contributed by atoms with E-state index in [4.69, 9.17) is 0 Å². The third-order valence-electron chi connectivity index (χ3n) is 1.88. The van der Waals surface area contributed by atoms with E-state index >= 15 is 0 Å². The number of nitrogens with one attached hydrogen (secondary N) is 2. The van der Waals surface area contributed by atoms with E-state index in [2.05, 4.69) is 10.0 Å². The molecule has 0 radical (unpaired) electrons. The number of para-hydroxylation sites is 1. The zero-order valence-corrected chi connectivity index (χ0v) is 9.76. The minimum absolute atomic E-state index is 0.300. The summed E-state index contributed by atoms with van der Waals surface area (Å²) in [5, 5.41) is 3.02. The number of anilines is 1. The summed E-state index contributed by atoms with van der Waals surface area (Å²) in [5.74, 6) is 0. The summed E-state index contributed by atoms with van der Waals surface area (Å²) in [6.45, 7) is 4.77. The molecule has 1 rings (SSSR count). The highest BCUT2D eigenvalue weighted by atomic mass is 32.2. The van der Waals surface area contributed by atoms with Gasteiger partial charge in [-0.2, -0.15) is 0 Å². The van der Waals surface area contributed by atoms with Gasteiger partial charge in [0.15, 0.2) is 0 Å². The van der Waals surface area contributed by atoms with Crippen molar-refractivity contribution in [3.8, 4) is 0 Å². The summed E-state index contributed by atoms with van der Waals surface area (Å²) >= 11 is 0. The molecule has 15 heavy (non-hydrogen) atoms. The standard InChI is InChI=1S/C10H16N2O2S/c1-3-11-9-7-5-6-8-10(9)15(13,14)12-4-2/h5-8,11-12H,3-4H2,1-2H3. The van der Waals surface area contributed by atoms with Crippen LogP contribution in [0.4, 0.5) is 5.69 Å². The predicted molar refractivity (Wildman–Crippen MR) is 61.5 cm³/mol.